The Morgan fingerprint density at radius 1 is 1.28 bits per heavy atom. The van der Waals surface area contributed by atoms with Crippen molar-refractivity contribution in [2.45, 2.75) is 51.2 Å². The summed E-state index contributed by atoms with van der Waals surface area (Å²) in [6, 6.07) is 7.28. The highest BCUT2D eigenvalue weighted by molar-refractivity contribution is 6.28. The number of hydrogen-bond acceptors (Lipinski definition) is 7. The summed E-state index contributed by atoms with van der Waals surface area (Å²) < 4.78 is 5.39. The van der Waals surface area contributed by atoms with Crippen LogP contribution in [0.3, 0.4) is 0 Å². The van der Waals surface area contributed by atoms with Gasteiger partial charge < -0.3 is 15.4 Å². The summed E-state index contributed by atoms with van der Waals surface area (Å²) in [6.07, 6.45) is 3.23. The lowest BCUT2D eigenvalue weighted by molar-refractivity contribution is -0.384. The third kappa shape index (κ3) is 4.92. The van der Waals surface area contributed by atoms with Crippen LogP contribution < -0.4 is 10.6 Å². The van der Waals surface area contributed by atoms with Crippen LogP contribution in [0.1, 0.15) is 45.6 Å². The molecular formula is C19H22ClN5O4. The molecule has 0 unspecified atom stereocenters. The second kappa shape index (κ2) is 7.82. The Kier molecular flexibility index (Phi) is 5.61. The largest absolute Gasteiger partial charge is 0.444 e. The number of rotatable bonds is 5. The molecule has 9 nitrogen and oxygen atoms in total. The third-order valence-electron chi connectivity index (χ3n) is 4.58. The molecule has 0 saturated heterocycles. The maximum atomic E-state index is 12.2. The number of hydrogen-bond donors (Lipinski definition) is 2. The molecule has 0 radical (unpaired) electrons. The van der Waals surface area contributed by atoms with E-state index < -0.39 is 22.2 Å². The van der Waals surface area contributed by atoms with Crippen LogP contribution in [0.15, 0.2) is 30.5 Å². The van der Waals surface area contributed by atoms with Gasteiger partial charge in [-0.1, -0.05) is 12.1 Å². The minimum Gasteiger partial charge on any atom is -0.444 e. The zero-order valence-corrected chi connectivity index (χ0v) is 17.1. The van der Waals surface area contributed by atoms with Gasteiger partial charge in [0.25, 0.3) is 0 Å². The van der Waals surface area contributed by atoms with E-state index >= 15 is 0 Å². The predicted molar refractivity (Wildman–Crippen MR) is 108 cm³/mol. The molecule has 1 aromatic carbocycles. The number of amides is 1. The fourth-order valence-corrected chi connectivity index (χ4v) is 3.24. The van der Waals surface area contributed by atoms with Crippen molar-refractivity contribution in [2.75, 3.05) is 5.32 Å². The molecule has 0 spiro atoms. The fraction of sp³-hybridized carbons (Fsp3) is 0.421. The van der Waals surface area contributed by atoms with Gasteiger partial charge in [-0.2, -0.15) is 4.98 Å². The number of aromatic nitrogens is 2. The summed E-state index contributed by atoms with van der Waals surface area (Å²) in [5, 5.41) is 16.9. The molecule has 0 aliphatic heterocycles. The molecule has 1 aliphatic rings. The van der Waals surface area contributed by atoms with Crippen LogP contribution in [-0.4, -0.2) is 26.6 Å². The van der Waals surface area contributed by atoms with Crippen molar-refractivity contribution in [2.24, 2.45) is 0 Å². The van der Waals surface area contributed by atoms with E-state index in [0.29, 0.717) is 5.69 Å². The Balaban J connectivity index is 1.77. The lowest BCUT2D eigenvalue weighted by atomic mass is 9.72. The van der Waals surface area contributed by atoms with Crippen molar-refractivity contribution < 1.29 is 14.5 Å². The number of alkyl carbamates (subject to hydrolysis) is 1. The van der Waals surface area contributed by atoms with Crippen LogP contribution in [0, 0.1) is 10.1 Å². The van der Waals surface area contributed by atoms with Crippen molar-refractivity contribution in [1.29, 1.82) is 0 Å². The molecule has 1 heterocycles. The summed E-state index contributed by atoms with van der Waals surface area (Å²) in [5.41, 5.74) is 0.218. The zero-order chi connectivity index (χ0) is 21.2. The molecular weight excluding hydrogens is 398 g/mol. The van der Waals surface area contributed by atoms with Gasteiger partial charge in [0.05, 0.1) is 10.5 Å². The number of ether oxygens (including phenoxy) is 1. The lowest BCUT2D eigenvalue weighted by Gasteiger charge is -2.43. The molecule has 29 heavy (non-hydrogen) atoms. The average molecular weight is 420 g/mol. The molecule has 1 amide bonds. The maximum Gasteiger partial charge on any atom is 0.408 e. The highest BCUT2D eigenvalue weighted by Gasteiger charge is 2.41. The molecule has 2 N–H and O–H groups in total. The molecule has 1 aromatic heterocycles. The van der Waals surface area contributed by atoms with Crippen molar-refractivity contribution in [3.8, 4) is 0 Å². The van der Waals surface area contributed by atoms with Gasteiger partial charge in [0.2, 0.25) is 11.1 Å². The number of halogens is 1. The molecule has 10 heteroatoms. The van der Waals surface area contributed by atoms with Crippen LogP contribution in [-0.2, 0) is 10.3 Å². The fourth-order valence-electron chi connectivity index (χ4n) is 3.10. The lowest BCUT2D eigenvalue weighted by Crippen LogP contribution is -2.52. The molecule has 3 rings (SSSR count). The van der Waals surface area contributed by atoms with Gasteiger partial charge in [-0.3, -0.25) is 10.1 Å². The molecule has 0 atom stereocenters. The Bertz CT molecular complexity index is 923. The van der Waals surface area contributed by atoms with E-state index in [-0.39, 0.29) is 16.8 Å². The van der Waals surface area contributed by atoms with Crippen molar-refractivity contribution >= 4 is 34.9 Å². The monoisotopic (exact) mass is 419 g/mol. The van der Waals surface area contributed by atoms with Crippen molar-refractivity contribution in [3.05, 3.63) is 51.4 Å². The highest BCUT2D eigenvalue weighted by Crippen LogP contribution is 2.42. The van der Waals surface area contributed by atoms with Crippen LogP contribution in [0.25, 0.3) is 0 Å². The topological polar surface area (TPSA) is 119 Å². The van der Waals surface area contributed by atoms with Crippen LogP contribution >= 0.6 is 11.6 Å². The summed E-state index contributed by atoms with van der Waals surface area (Å²) in [4.78, 5) is 30.3. The van der Waals surface area contributed by atoms with Crippen molar-refractivity contribution in [3.63, 3.8) is 0 Å². The van der Waals surface area contributed by atoms with Gasteiger partial charge in [0.15, 0.2) is 0 Å². The standard InChI is InChI=1S/C19H22ClN5O4/c1-18(2,3)29-17(26)24-19(9-4-10-19)12-5-7-13(8-6-12)22-15-14(25(27)28)11-21-16(20)23-15/h5-8,11H,4,9-10H2,1-3H3,(H,24,26)(H,21,22,23). The van der Waals surface area contributed by atoms with E-state index in [1.807, 2.05) is 32.9 Å². The van der Waals surface area contributed by atoms with E-state index in [4.69, 9.17) is 16.3 Å². The Labute approximate surface area is 173 Å². The first-order chi connectivity index (χ1) is 13.6. The molecule has 1 saturated carbocycles. The quantitative estimate of drug-likeness (QED) is 0.410. The first kappa shape index (κ1) is 20.8. The molecule has 154 valence electrons. The molecule has 2 aromatic rings. The smallest absolute Gasteiger partial charge is 0.408 e. The number of anilines is 2. The minimum absolute atomic E-state index is 0.00740. The van der Waals surface area contributed by atoms with E-state index in [2.05, 4.69) is 20.6 Å². The number of nitrogens with zero attached hydrogens (tertiary/aromatic N) is 3. The van der Waals surface area contributed by atoms with Gasteiger partial charge >= 0.3 is 11.8 Å². The predicted octanol–water partition coefficient (Wildman–Crippen LogP) is 4.69. The second-order valence-corrected chi connectivity index (χ2v) is 8.23. The normalized spacial score (nSPS) is 15.2. The Hall–Kier alpha value is -2.94. The number of carbonyl (C=O) groups excluding carboxylic acids is 1. The molecule has 1 aliphatic carbocycles. The molecule has 0 bridgehead atoms. The summed E-state index contributed by atoms with van der Waals surface area (Å²) in [5.74, 6) is 0.00740. The minimum atomic E-state index is -0.582. The molecule has 1 fully saturated rings. The van der Waals surface area contributed by atoms with Gasteiger partial charge in [0.1, 0.15) is 11.8 Å². The van der Waals surface area contributed by atoms with E-state index in [1.54, 1.807) is 12.1 Å². The van der Waals surface area contributed by atoms with E-state index in [1.165, 1.54) is 0 Å². The van der Waals surface area contributed by atoms with Crippen molar-refractivity contribution in [1.82, 2.24) is 15.3 Å². The maximum absolute atomic E-state index is 12.2. The first-order valence-electron chi connectivity index (χ1n) is 9.14. The summed E-state index contributed by atoms with van der Waals surface area (Å²) in [6.45, 7) is 5.46. The van der Waals surface area contributed by atoms with Crippen LogP contribution in [0.2, 0.25) is 5.28 Å². The van der Waals surface area contributed by atoms with Gasteiger partial charge in [-0.25, -0.2) is 9.78 Å². The number of nitro groups is 1. The van der Waals surface area contributed by atoms with E-state index in [0.717, 1.165) is 31.0 Å². The van der Waals surface area contributed by atoms with E-state index in [9.17, 15) is 14.9 Å². The third-order valence-corrected chi connectivity index (χ3v) is 4.77. The SMILES string of the molecule is CC(C)(C)OC(=O)NC1(c2ccc(Nc3nc(Cl)ncc3[N+](=O)[O-])cc2)CCC1. The number of carbonyl (C=O) groups is 1. The summed E-state index contributed by atoms with van der Waals surface area (Å²) >= 11 is 5.76. The average Bonchev–Trinajstić information content (AvgIpc) is 2.57. The number of nitrogens with one attached hydrogen (secondary N) is 2. The summed E-state index contributed by atoms with van der Waals surface area (Å²) in [7, 11) is 0. The second-order valence-electron chi connectivity index (χ2n) is 7.89. The Morgan fingerprint density at radius 3 is 2.45 bits per heavy atom. The zero-order valence-electron chi connectivity index (χ0n) is 16.4. The highest BCUT2D eigenvalue weighted by atomic mass is 35.5. The first-order valence-corrected chi connectivity index (χ1v) is 9.51. The van der Waals surface area contributed by atoms with Gasteiger partial charge in [0, 0.05) is 5.69 Å². The van der Waals surface area contributed by atoms with Crippen LogP contribution in [0.4, 0.5) is 22.0 Å². The Morgan fingerprint density at radius 2 is 1.93 bits per heavy atom. The van der Waals surface area contributed by atoms with Gasteiger partial charge in [-0.15, -0.1) is 0 Å². The van der Waals surface area contributed by atoms with Gasteiger partial charge in [-0.05, 0) is 69.3 Å². The van der Waals surface area contributed by atoms with Crippen LogP contribution in [0.5, 0.6) is 0 Å². The number of benzene rings is 1.